The molecule has 2 fully saturated rings. The molecule has 0 aromatic heterocycles. The molecule has 0 spiro atoms. The summed E-state index contributed by atoms with van der Waals surface area (Å²) >= 11 is 3.29. The van der Waals surface area contributed by atoms with Crippen LogP contribution in [0.3, 0.4) is 0 Å². The number of carbonyl (C=O) groups excluding carboxylic acids is 3. The summed E-state index contributed by atoms with van der Waals surface area (Å²) in [5, 5.41) is 2.65. The summed E-state index contributed by atoms with van der Waals surface area (Å²) in [6.45, 7) is 3.74. The van der Waals surface area contributed by atoms with Gasteiger partial charge in [-0.25, -0.2) is 9.59 Å². The molecule has 0 saturated carbocycles. The molecular weight excluding hydrogens is 548 g/mol. The number of benzene rings is 2. The van der Waals surface area contributed by atoms with Crippen LogP contribution in [0.4, 0.5) is 4.79 Å². The minimum atomic E-state index is -0.751. The zero-order chi connectivity index (χ0) is 27.9. The van der Waals surface area contributed by atoms with Gasteiger partial charge in [0, 0.05) is 23.4 Å². The number of carbonyl (C=O) groups is 3. The molecule has 2 saturated heterocycles. The number of fused-ring (bicyclic) bond motifs is 1. The lowest BCUT2D eigenvalue weighted by atomic mass is 10.0. The molecule has 1 N–H and O–H groups in total. The van der Waals surface area contributed by atoms with Crippen molar-refractivity contribution in [1.82, 2.24) is 10.2 Å². The third-order valence-corrected chi connectivity index (χ3v) is 9.75. The summed E-state index contributed by atoms with van der Waals surface area (Å²) in [4.78, 5) is 41.2. The first kappa shape index (κ1) is 28.6. The standard InChI is InChI=1S/C30H34N2O6S2/c1-2-3-15-37-30(35)31-24-27(33)32-25(22(19-40-28(24)32)18-39-23-14-16-36-17-23)29(34)38-26(20-10-6-4-7-11-20)21-12-8-5-9-13-21/h4-13,23-24,26,28H,2-3,14-19H2,1H3,(H,31,35)/t23?,24?,28-/m0/s1. The first-order valence-corrected chi connectivity index (χ1v) is 15.8. The van der Waals surface area contributed by atoms with Crippen molar-refractivity contribution in [1.29, 1.82) is 0 Å². The van der Waals surface area contributed by atoms with Crippen molar-refractivity contribution >= 4 is 41.5 Å². The number of unbranched alkanes of at least 4 members (excludes halogenated alkanes) is 1. The highest BCUT2D eigenvalue weighted by molar-refractivity contribution is 8.01. The molecule has 3 heterocycles. The van der Waals surface area contributed by atoms with Gasteiger partial charge in [0.25, 0.3) is 5.91 Å². The predicted molar refractivity (Wildman–Crippen MR) is 156 cm³/mol. The van der Waals surface area contributed by atoms with E-state index in [2.05, 4.69) is 5.32 Å². The second kappa shape index (κ2) is 13.6. The molecule has 3 aliphatic rings. The van der Waals surface area contributed by atoms with Gasteiger partial charge in [-0.1, -0.05) is 74.0 Å². The van der Waals surface area contributed by atoms with E-state index in [9.17, 15) is 14.4 Å². The van der Waals surface area contributed by atoms with Crippen molar-refractivity contribution in [2.45, 2.75) is 49.0 Å². The Morgan fingerprint density at radius 2 is 1.82 bits per heavy atom. The molecule has 5 rings (SSSR count). The summed E-state index contributed by atoms with van der Waals surface area (Å²) in [6, 6.07) is 18.4. The normalized spacial score (nSPS) is 22.1. The first-order chi connectivity index (χ1) is 19.6. The summed E-state index contributed by atoms with van der Waals surface area (Å²) < 4.78 is 16.9. The van der Waals surface area contributed by atoms with Crippen LogP contribution in [0.1, 0.15) is 43.4 Å². The number of hydrogen-bond donors (Lipinski definition) is 1. The molecule has 0 aliphatic carbocycles. The van der Waals surface area contributed by atoms with Crippen LogP contribution in [0.5, 0.6) is 0 Å². The lowest BCUT2D eigenvalue weighted by molar-refractivity contribution is -0.153. The van der Waals surface area contributed by atoms with Crippen LogP contribution >= 0.6 is 23.5 Å². The SMILES string of the molecule is CCCCOC(=O)NC1C(=O)N2C(C(=O)OC(c3ccccc3)c3ccccc3)=C(CSC3CCOC3)CS[C@@H]12. The molecule has 0 radical (unpaired) electrons. The quantitative estimate of drug-likeness (QED) is 0.227. The van der Waals surface area contributed by atoms with E-state index < -0.39 is 29.6 Å². The molecule has 8 nitrogen and oxygen atoms in total. The average Bonchev–Trinajstić information content (AvgIpc) is 3.52. The Balaban J connectivity index is 1.38. The van der Waals surface area contributed by atoms with Crippen LogP contribution in [-0.4, -0.2) is 70.9 Å². The molecular formula is C30H34N2O6S2. The highest BCUT2D eigenvalue weighted by atomic mass is 32.2. The lowest BCUT2D eigenvalue weighted by Gasteiger charge is -2.49. The van der Waals surface area contributed by atoms with Gasteiger partial charge >= 0.3 is 12.1 Å². The van der Waals surface area contributed by atoms with Gasteiger partial charge in [0.15, 0.2) is 6.10 Å². The monoisotopic (exact) mass is 582 g/mol. The molecule has 0 bridgehead atoms. The molecule has 3 aliphatic heterocycles. The van der Waals surface area contributed by atoms with Crippen LogP contribution in [-0.2, 0) is 23.8 Å². The number of amides is 2. The first-order valence-electron chi connectivity index (χ1n) is 13.7. The number of alkyl carbamates (subject to hydrolysis) is 1. The van der Waals surface area contributed by atoms with Crippen LogP contribution in [0.25, 0.3) is 0 Å². The van der Waals surface area contributed by atoms with E-state index in [0.29, 0.717) is 30.0 Å². The molecule has 2 aromatic rings. The van der Waals surface area contributed by atoms with Crippen LogP contribution in [0.15, 0.2) is 71.9 Å². The van der Waals surface area contributed by atoms with E-state index in [4.69, 9.17) is 14.2 Å². The molecule has 212 valence electrons. The number of esters is 1. The van der Waals surface area contributed by atoms with Crippen molar-refractivity contribution in [3.05, 3.63) is 83.1 Å². The van der Waals surface area contributed by atoms with E-state index in [-0.39, 0.29) is 11.6 Å². The fourth-order valence-electron chi connectivity index (χ4n) is 4.87. The van der Waals surface area contributed by atoms with Crippen molar-refractivity contribution in [3.63, 3.8) is 0 Å². The number of rotatable bonds is 11. The van der Waals surface area contributed by atoms with Gasteiger partial charge in [-0.3, -0.25) is 9.69 Å². The van der Waals surface area contributed by atoms with E-state index in [1.165, 1.54) is 4.90 Å². The molecule has 10 heteroatoms. The third-order valence-electron chi connectivity index (χ3n) is 7.06. The van der Waals surface area contributed by atoms with Gasteiger partial charge in [0.2, 0.25) is 0 Å². The zero-order valence-electron chi connectivity index (χ0n) is 22.5. The van der Waals surface area contributed by atoms with Gasteiger partial charge in [-0.05, 0) is 29.5 Å². The fraction of sp³-hybridized carbons (Fsp3) is 0.433. The Labute approximate surface area is 243 Å². The minimum absolute atomic E-state index is 0.287. The highest BCUT2D eigenvalue weighted by Crippen LogP contribution is 2.43. The Morgan fingerprint density at radius 1 is 1.12 bits per heavy atom. The Hall–Kier alpha value is -2.95. The lowest BCUT2D eigenvalue weighted by Crippen LogP contribution is -2.70. The molecule has 40 heavy (non-hydrogen) atoms. The number of hydrogen-bond acceptors (Lipinski definition) is 8. The number of nitrogens with zero attached hydrogens (tertiary/aromatic N) is 1. The van der Waals surface area contributed by atoms with E-state index in [0.717, 1.165) is 42.6 Å². The zero-order valence-corrected chi connectivity index (χ0v) is 24.1. The van der Waals surface area contributed by atoms with Gasteiger partial charge < -0.3 is 19.5 Å². The number of β-lactam (4-membered cyclic amide) rings is 1. The van der Waals surface area contributed by atoms with Gasteiger partial charge in [0.1, 0.15) is 17.1 Å². The third kappa shape index (κ3) is 6.50. The van der Waals surface area contributed by atoms with Crippen molar-refractivity contribution in [2.75, 3.05) is 31.3 Å². The molecule has 2 aromatic carbocycles. The summed E-state index contributed by atoms with van der Waals surface area (Å²) in [7, 11) is 0. The van der Waals surface area contributed by atoms with E-state index >= 15 is 0 Å². The summed E-state index contributed by atoms with van der Waals surface area (Å²) in [6.07, 6.45) is 1.37. The Bertz CT molecular complexity index is 1180. The van der Waals surface area contributed by atoms with Crippen molar-refractivity contribution in [3.8, 4) is 0 Å². The maximum absolute atomic E-state index is 14.0. The second-order valence-electron chi connectivity index (χ2n) is 9.88. The van der Waals surface area contributed by atoms with Crippen LogP contribution in [0, 0.1) is 0 Å². The van der Waals surface area contributed by atoms with Crippen LogP contribution in [0.2, 0.25) is 0 Å². The Kier molecular flexibility index (Phi) is 9.72. The minimum Gasteiger partial charge on any atom is -0.450 e. The molecule has 3 atom stereocenters. The predicted octanol–water partition coefficient (Wildman–Crippen LogP) is 4.91. The largest absolute Gasteiger partial charge is 0.450 e. The fourth-order valence-corrected chi connectivity index (χ4v) is 7.48. The highest BCUT2D eigenvalue weighted by Gasteiger charge is 2.55. The Morgan fingerprint density at radius 3 is 2.45 bits per heavy atom. The number of thioether (sulfide) groups is 2. The summed E-state index contributed by atoms with van der Waals surface area (Å²) in [5.41, 5.74) is 2.83. The van der Waals surface area contributed by atoms with Crippen molar-refractivity contribution in [2.24, 2.45) is 0 Å². The second-order valence-corrected chi connectivity index (χ2v) is 12.3. The molecule has 2 unspecified atom stereocenters. The van der Waals surface area contributed by atoms with E-state index in [1.807, 2.05) is 67.6 Å². The van der Waals surface area contributed by atoms with Crippen molar-refractivity contribution < 1.29 is 28.6 Å². The number of nitrogens with one attached hydrogen (secondary N) is 1. The smallest absolute Gasteiger partial charge is 0.407 e. The topological polar surface area (TPSA) is 94.2 Å². The van der Waals surface area contributed by atoms with Gasteiger partial charge in [-0.2, -0.15) is 11.8 Å². The van der Waals surface area contributed by atoms with Crippen LogP contribution < -0.4 is 5.32 Å². The van der Waals surface area contributed by atoms with E-state index in [1.54, 1.807) is 23.5 Å². The maximum atomic E-state index is 14.0. The number of ether oxygens (including phenoxy) is 3. The summed E-state index contributed by atoms with van der Waals surface area (Å²) in [5.74, 6) is 0.280. The average molecular weight is 583 g/mol. The molecule has 2 amide bonds. The van der Waals surface area contributed by atoms with Gasteiger partial charge in [-0.15, -0.1) is 11.8 Å². The maximum Gasteiger partial charge on any atom is 0.407 e. The van der Waals surface area contributed by atoms with Gasteiger partial charge in [0.05, 0.1) is 13.2 Å².